The maximum atomic E-state index is 13.9. The van der Waals surface area contributed by atoms with Crippen molar-refractivity contribution in [1.82, 2.24) is 9.97 Å². The van der Waals surface area contributed by atoms with Crippen molar-refractivity contribution in [2.45, 2.75) is 51.9 Å². The zero-order chi connectivity index (χ0) is 15.7. The monoisotopic (exact) mass is 286 g/mol. The lowest BCUT2D eigenvalue weighted by Gasteiger charge is -2.26. The molecule has 1 heterocycles. The summed E-state index contributed by atoms with van der Waals surface area (Å²) in [6.07, 6.45) is 5.94. The van der Waals surface area contributed by atoms with Crippen molar-refractivity contribution in [3.05, 3.63) is 59.4 Å². The minimum atomic E-state index is -0.169. The highest BCUT2D eigenvalue weighted by Gasteiger charge is 2.23. The lowest BCUT2D eigenvalue weighted by Crippen LogP contribution is -2.22. The van der Waals surface area contributed by atoms with Crippen LogP contribution >= 0.6 is 0 Å². The number of hydrogen-bond acceptors (Lipinski definition) is 2. The number of nitrogens with zero attached hydrogens (tertiary/aromatic N) is 2. The number of hydrogen-bond donors (Lipinski definition) is 0. The smallest absolute Gasteiger partial charge is 0.123 e. The molecule has 1 aromatic carbocycles. The first-order valence-corrected chi connectivity index (χ1v) is 7.24. The number of rotatable bonds is 3. The van der Waals surface area contributed by atoms with Gasteiger partial charge in [-0.25, -0.2) is 14.4 Å². The largest absolute Gasteiger partial charge is 0.245 e. The van der Waals surface area contributed by atoms with Crippen LogP contribution in [0.2, 0.25) is 0 Å². The Morgan fingerprint density at radius 3 is 2.10 bits per heavy atom. The fourth-order valence-corrected chi connectivity index (χ4v) is 2.45. The SMILES string of the molecule is CC(C)(C)c1cc(F)cc(CC(C)(C)c2cncnc2)c1. The van der Waals surface area contributed by atoms with Crippen molar-refractivity contribution in [3.8, 4) is 0 Å². The van der Waals surface area contributed by atoms with E-state index in [2.05, 4.69) is 50.7 Å². The second-order valence-electron chi connectivity index (χ2n) is 7.29. The maximum absolute atomic E-state index is 13.9. The lowest BCUT2D eigenvalue weighted by molar-refractivity contribution is 0.511. The molecule has 0 fully saturated rings. The highest BCUT2D eigenvalue weighted by molar-refractivity contribution is 5.32. The summed E-state index contributed by atoms with van der Waals surface area (Å²) in [5.41, 5.74) is 2.90. The van der Waals surface area contributed by atoms with Crippen molar-refractivity contribution >= 4 is 0 Å². The van der Waals surface area contributed by atoms with Gasteiger partial charge in [0, 0.05) is 12.4 Å². The summed E-state index contributed by atoms with van der Waals surface area (Å²) in [6.45, 7) is 10.6. The van der Waals surface area contributed by atoms with Gasteiger partial charge in [0.15, 0.2) is 0 Å². The summed E-state index contributed by atoms with van der Waals surface area (Å²) < 4.78 is 13.9. The van der Waals surface area contributed by atoms with Crippen LogP contribution in [0.4, 0.5) is 4.39 Å². The predicted octanol–water partition coefficient (Wildman–Crippen LogP) is 4.43. The lowest BCUT2D eigenvalue weighted by atomic mass is 9.79. The Balaban J connectivity index is 2.33. The van der Waals surface area contributed by atoms with E-state index in [1.165, 1.54) is 6.33 Å². The van der Waals surface area contributed by atoms with Gasteiger partial charge in [0.25, 0.3) is 0 Å². The third-order valence-electron chi connectivity index (χ3n) is 3.81. The molecule has 0 aliphatic rings. The molecule has 2 rings (SSSR count). The molecule has 0 aliphatic carbocycles. The topological polar surface area (TPSA) is 25.8 Å². The third kappa shape index (κ3) is 3.87. The molecular formula is C18H23FN2. The molecule has 21 heavy (non-hydrogen) atoms. The van der Waals surface area contributed by atoms with E-state index in [4.69, 9.17) is 0 Å². The van der Waals surface area contributed by atoms with E-state index in [0.29, 0.717) is 0 Å². The van der Waals surface area contributed by atoms with E-state index in [0.717, 1.165) is 23.1 Å². The molecule has 1 aromatic heterocycles. The Morgan fingerprint density at radius 2 is 1.52 bits per heavy atom. The zero-order valence-electron chi connectivity index (χ0n) is 13.4. The van der Waals surface area contributed by atoms with Crippen LogP contribution in [0.15, 0.2) is 36.9 Å². The molecule has 0 atom stereocenters. The van der Waals surface area contributed by atoms with E-state index in [9.17, 15) is 4.39 Å². The van der Waals surface area contributed by atoms with Crippen LogP contribution < -0.4 is 0 Å². The molecule has 0 unspecified atom stereocenters. The second kappa shape index (κ2) is 5.55. The normalized spacial score (nSPS) is 12.5. The fourth-order valence-electron chi connectivity index (χ4n) is 2.45. The molecule has 0 bridgehead atoms. The van der Waals surface area contributed by atoms with Crippen molar-refractivity contribution in [3.63, 3.8) is 0 Å². The minimum absolute atomic E-state index is 0.0587. The van der Waals surface area contributed by atoms with Gasteiger partial charge in [-0.15, -0.1) is 0 Å². The van der Waals surface area contributed by atoms with Crippen molar-refractivity contribution in [2.75, 3.05) is 0 Å². The van der Waals surface area contributed by atoms with Gasteiger partial charge in [-0.3, -0.25) is 0 Å². The van der Waals surface area contributed by atoms with Crippen LogP contribution in [0.3, 0.4) is 0 Å². The molecule has 112 valence electrons. The average molecular weight is 286 g/mol. The van der Waals surface area contributed by atoms with Gasteiger partial charge in [-0.1, -0.05) is 40.7 Å². The van der Waals surface area contributed by atoms with Gasteiger partial charge >= 0.3 is 0 Å². The highest BCUT2D eigenvalue weighted by Crippen LogP contribution is 2.30. The summed E-state index contributed by atoms with van der Waals surface area (Å²) >= 11 is 0. The van der Waals surface area contributed by atoms with Crippen LogP contribution in [0, 0.1) is 5.82 Å². The van der Waals surface area contributed by atoms with Crippen LogP contribution in [0.25, 0.3) is 0 Å². The summed E-state index contributed by atoms with van der Waals surface area (Å²) in [7, 11) is 0. The van der Waals surface area contributed by atoms with Crippen molar-refractivity contribution in [2.24, 2.45) is 0 Å². The summed E-state index contributed by atoms with van der Waals surface area (Å²) in [4.78, 5) is 8.16. The van der Waals surface area contributed by atoms with Gasteiger partial charge in [0.1, 0.15) is 12.1 Å². The Morgan fingerprint density at radius 1 is 0.905 bits per heavy atom. The number of aromatic nitrogens is 2. The van der Waals surface area contributed by atoms with E-state index >= 15 is 0 Å². The third-order valence-corrected chi connectivity index (χ3v) is 3.81. The van der Waals surface area contributed by atoms with Gasteiger partial charge in [-0.05, 0) is 46.1 Å². The van der Waals surface area contributed by atoms with E-state index in [-0.39, 0.29) is 16.6 Å². The summed E-state index contributed by atoms with van der Waals surface area (Å²) in [6, 6.07) is 5.36. The van der Waals surface area contributed by atoms with E-state index in [1.54, 1.807) is 12.1 Å². The van der Waals surface area contributed by atoms with Crippen molar-refractivity contribution in [1.29, 1.82) is 0 Å². The minimum Gasteiger partial charge on any atom is -0.245 e. The Hall–Kier alpha value is -1.77. The Kier molecular flexibility index (Phi) is 4.13. The first-order valence-electron chi connectivity index (χ1n) is 7.24. The molecule has 0 amide bonds. The first-order chi connectivity index (χ1) is 9.68. The van der Waals surface area contributed by atoms with Crippen LogP contribution in [-0.4, -0.2) is 9.97 Å². The fraction of sp³-hybridized carbons (Fsp3) is 0.444. The molecular weight excluding hydrogens is 263 g/mol. The molecule has 0 saturated carbocycles. The Labute approximate surface area is 126 Å². The molecule has 2 nitrogen and oxygen atoms in total. The van der Waals surface area contributed by atoms with Gasteiger partial charge in [0.2, 0.25) is 0 Å². The standard InChI is InChI=1S/C18H23FN2/c1-17(2,3)14-6-13(7-16(19)8-14)9-18(4,5)15-10-20-12-21-11-15/h6-8,10-12H,9H2,1-5H3. The van der Waals surface area contributed by atoms with Gasteiger partial charge in [-0.2, -0.15) is 0 Å². The van der Waals surface area contributed by atoms with E-state index in [1.807, 2.05) is 12.4 Å². The van der Waals surface area contributed by atoms with Gasteiger partial charge in [0.05, 0.1) is 0 Å². The molecule has 2 aromatic rings. The number of halogens is 1. The summed E-state index contributed by atoms with van der Waals surface area (Å²) in [5, 5.41) is 0. The van der Waals surface area contributed by atoms with Gasteiger partial charge < -0.3 is 0 Å². The maximum Gasteiger partial charge on any atom is 0.123 e. The van der Waals surface area contributed by atoms with Crippen LogP contribution in [0.5, 0.6) is 0 Å². The Bertz CT molecular complexity index is 613. The molecule has 0 N–H and O–H groups in total. The van der Waals surface area contributed by atoms with E-state index < -0.39 is 0 Å². The predicted molar refractivity (Wildman–Crippen MR) is 83.9 cm³/mol. The molecule has 0 aliphatic heterocycles. The average Bonchev–Trinajstić information content (AvgIpc) is 2.37. The number of benzene rings is 1. The quantitative estimate of drug-likeness (QED) is 0.834. The molecule has 3 heteroatoms. The molecule has 0 radical (unpaired) electrons. The molecule has 0 saturated heterocycles. The van der Waals surface area contributed by atoms with Crippen molar-refractivity contribution < 1.29 is 4.39 Å². The molecule has 0 spiro atoms. The summed E-state index contributed by atoms with van der Waals surface area (Å²) in [5.74, 6) is -0.169. The van der Waals surface area contributed by atoms with Crippen LogP contribution in [0.1, 0.15) is 51.3 Å². The second-order valence-corrected chi connectivity index (χ2v) is 7.29. The highest BCUT2D eigenvalue weighted by atomic mass is 19.1. The first kappa shape index (κ1) is 15.6. The zero-order valence-corrected chi connectivity index (χ0v) is 13.4. The van der Waals surface area contributed by atoms with Crippen LogP contribution in [-0.2, 0) is 17.3 Å².